The van der Waals surface area contributed by atoms with Gasteiger partial charge in [0.15, 0.2) is 0 Å². The number of carbonyl (C=O) groups excluding carboxylic acids is 1. The minimum atomic E-state index is -0.177. The number of hydrogen-bond donors (Lipinski definition) is 3. The van der Waals surface area contributed by atoms with Crippen LogP contribution in [0.1, 0.15) is 36.9 Å². The Morgan fingerprint density at radius 3 is 2.55 bits per heavy atom. The quantitative estimate of drug-likeness (QED) is 0.197. The number of hydrogen-bond acceptors (Lipinski definition) is 7. The van der Waals surface area contributed by atoms with E-state index in [2.05, 4.69) is 15.6 Å². The molecule has 1 aliphatic heterocycles. The van der Waals surface area contributed by atoms with Crippen molar-refractivity contribution in [1.29, 1.82) is 0 Å². The zero-order valence-electron chi connectivity index (χ0n) is 23.7. The summed E-state index contributed by atoms with van der Waals surface area (Å²) in [5.74, 6) is 1.28. The van der Waals surface area contributed by atoms with E-state index in [1.165, 1.54) is 0 Å². The zero-order valence-corrected chi connectivity index (χ0v) is 25.2. The summed E-state index contributed by atoms with van der Waals surface area (Å²) in [5, 5.41) is 7.33. The van der Waals surface area contributed by atoms with E-state index >= 15 is 0 Å². The van der Waals surface area contributed by atoms with Crippen molar-refractivity contribution in [3.8, 4) is 45.3 Å². The third-order valence-corrected chi connectivity index (χ3v) is 8.16. The predicted octanol–water partition coefficient (Wildman–Crippen LogP) is 6.19. The molecule has 1 aliphatic rings. The number of benzene rings is 2. The number of halogens is 2. The van der Waals surface area contributed by atoms with Crippen LogP contribution in [0.4, 0.5) is 0 Å². The second-order valence-electron chi connectivity index (χ2n) is 10.2. The second kappa shape index (κ2) is 13.1. The van der Waals surface area contributed by atoms with Gasteiger partial charge in [-0.1, -0.05) is 59.6 Å². The highest BCUT2D eigenvalue weighted by Crippen LogP contribution is 2.42. The molecule has 0 spiro atoms. The van der Waals surface area contributed by atoms with Gasteiger partial charge in [0.25, 0.3) is 0 Å². The van der Waals surface area contributed by atoms with Crippen LogP contribution in [0.25, 0.3) is 33.6 Å². The summed E-state index contributed by atoms with van der Waals surface area (Å²) in [6, 6.07) is 17.2. The lowest BCUT2D eigenvalue weighted by Crippen LogP contribution is -2.35. The Morgan fingerprint density at radius 2 is 1.83 bits per heavy atom. The fourth-order valence-electron chi connectivity index (χ4n) is 5.17. The Morgan fingerprint density at radius 1 is 1.05 bits per heavy atom. The van der Waals surface area contributed by atoms with Gasteiger partial charge in [0.1, 0.15) is 5.75 Å². The van der Waals surface area contributed by atoms with Crippen molar-refractivity contribution in [3.63, 3.8) is 0 Å². The summed E-state index contributed by atoms with van der Waals surface area (Å²) >= 11 is 14.0. The zero-order chi connectivity index (χ0) is 29.8. The Hall–Kier alpha value is -3.69. The van der Waals surface area contributed by atoms with E-state index in [4.69, 9.17) is 43.4 Å². The van der Waals surface area contributed by atoms with Gasteiger partial charge in [-0.25, -0.2) is 4.98 Å². The molecule has 0 bridgehead atoms. The predicted molar refractivity (Wildman–Crippen MR) is 167 cm³/mol. The molecule has 2 aromatic heterocycles. The van der Waals surface area contributed by atoms with Gasteiger partial charge in [0.05, 0.1) is 35.7 Å². The molecule has 0 unspecified atom stereocenters. The fourth-order valence-corrected chi connectivity index (χ4v) is 5.81. The van der Waals surface area contributed by atoms with E-state index in [0.29, 0.717) is 52.6 Å². The van der Waals surface area contributed by atoms with Crippen molar-refractivity contribution >= 4 is 29.1 Å². The number of pyridine rings is 2. The lowest BCUT2D eigenvalue weighted by Gasteiger charge is -2.16. The molecule has 0 saturated carbocycles. The SMILES string of the molecule is COc1cc(-c2nccc(-c3cccc(-c4ccc(CNC[C@H]5CCC(=O)N5)c(OC)n4)c3Cl)c2Cl)ccc1[C@H](C)N. The molecule has 1 saturated heterocycles. The van der Waals surface area contributed by atoms with E-state index in [1.807, 2.05) is 61.5 Å². The summed E-state index contributed by atoms with van der Waals surface area (Å²) in [4.78, 5) is 20.8. The van der Waals surface area contributed by atoms with Gasteiger partial charge in [0.2, 0.25) is 11.8 Å². The monoisotopic (exact) mass is 605 g/mol. The minimum Gasteiger partial charge on any atom is -0.496 e. The summed E-state index contributed by atoms with van der Waals surface area (Å²) in [7, 11) is 3.21. The molecule has 218 valence electrons. The lowest BCUT2D eigenvalue weighted by molar-refractivity contribution is -0.119. The van der Waals surface area contributed by atoms with Crippen LogP contribution in [-0.2, 0) is 11.3 Å². The first-order chi connectivity index (χ1) is 20.3. The molecule has 10 heteroatoms. The van der Waals surface area contributed by atoms with Gasteiger partial charge in [-0.15, -0.1) is 0 Å². The summed E-state index contributed by atoms with van der Waals surface area (Å²) < 4.78 is 11.2. The summed E-state index contributed by atoms with van der Waals surface area (Å²) in [6.45, 7) is 3.15. The van der Waals surface area contributed by atoms with Gasteiger partial charge in [-0.3, -0.25) is 9.78 Å². The van der Waals surface area contributed by atoms with Gasteiger partial charge < -0.3 is 25.8 Å². The average molecular weight is 607 g/mol. The normalized spacial score (nSPS) is 15.4. The highest BCUT2D eigenvalue weighted by Gasteiger charge is 2.21. The van der Waals surface area contributed by atoms with Crippen molar-refractivity contribution in [2.75, 3.05) is 20.8 Å². The van der Waals surface area contributed by atoms with Gasteiger partial charge in [-0.2, -0.15) is 0 Å². The van der Waals surface area contributed by atoms with Crippen LogP contribution < -0.4 is 25.8 Å². The second-order valence-corrected chi connectivity index (χ2v) is 11.0. The maximum atomic E-state index is 11.5. The molecule has 2 atom stereocenters. The molecular formula is C32H33Cl2N5O3. The van der Waals surface area contributed by atoms with Gasteiger partial charge in [-0.05, 0) is 31.5 Å². The van der Waals surface area contributed by atoms with E-state index in [0.717, 1.165) is 39.8 Å². The van der Waals surface area contributed by atoms with Crippen molar-refractivity contribution in [2.24, 2.45) is 5.73 Å². The molecular weight excluding hydrogens is 573 g/mol. The van der Waals surface area contributed by atoms with Crippen molar-refractivity contribution in [1.82, 2.24) is 20.6 Å². The first kappa shape index (κ1) is 29.8. The first-order valence-corrected chi connectivity index (χ1v) is 14.5. The van der Waals surface area contributed by atoms with E-state index in [9.17, 15) is 4.79 Å². The summed E-state index contributed by atoms with van der Waals surface area (Å²) in [6.07, 6.45) is 3.13. The van der Waals surface area contributed by atoms with Crippen LogP contribution in [0.15, 0.2) is 60.8 Å². The molecule has 4 N–H and O–H groups in total. The van der Waals surface area contributed by atoms with Crippen LogP contribution in [0, 0.1) is 0 Å². The van der Waals surface area contributed by atoms with Crippen LogP contribution >= 0.6 is 23.2 Å². The molecule has 5 rings (SSSR count). The largest absolute Gasteiger partial charge is 0.496 e. The Bertz CT molecular complexity index is 1610. The van der Waals surface area contributed by atoms with Gasteiger partial charge >= 0.3 is 0 Å². The molecule has 42 heavy (non-hydrogen) atoms. The maximum Gasteiger partial charge on any atom is 0.220 e. The molecule has 0 radical (unpaired) electrons. The molecule has 2 aromatic carbocycles. The fraction of sp³-hybridized carbons (Fsp3) is 0.281. The third kappa shape index (κ3) is 6.22. The van der Waals surface area contributed by atoms with Gasteiger partial charge in [0, 0.05) is 71.2 Å². The number of methoxy groups -OCH3 is 2. The van der Waals surface area contributed by atoms with E-state index in [-0.39, 0.29) is 18.0 Å². The number of nitrogens with one attached hydrogen (secondary N) is 2. The molecule has 1 fully saturated rings. The Labute approximate surface area is 255 Å². The van der Waals surface area contributed by atoms with Crippen LogP contribution in [0.2, 0.25) is 10.0 Å². The highest BCUT2D eigenvalue weighted by molar-refractivity contribution is 6.39. The van der Waals surface area contributed by atoms with Crippen molar-refractivity contribution in [3.05, 3.63) is 82.0 Å². The standard InChI is InChI=1S/C32H33Cl2N5O3/c1-18(35)22-10-7-19(15-27(22)41-2)31-30(34)24(13-14-37-31)23-5-4-6-25(29(23)33)26-11-8-20(32(39-26)42-3)16-36-17-21-9-12-28(40)38-21/h4-8,10-11,13-15,18,21,36H,9,12,16-17,35H2,1-3H3,(H,38,40)/t18-,21+/m0/s1. The third-order valence-electron chi connectivity index (χ3n) is 7.38. The van der Waals surface area contributed by atoms with E-state index in [1.54, 1.807) is 20.4 Å². The summed E-state index contributed by atoms with van der Waals surface area (Å²) in [5.41, 5.74) is 12.2. The number of carbonyl (C=O) groups is 1. The van der Waals surface area contributed by atoms with E-state index < -0.39 is 0 Å². The van der Waals surface area contributed by atoms with Crippen LogP contribution in [0.5, 0.6) is 11.6 Å². The molecule has 8 nitrogen and oxygen atoms in total. The number of ether oxygens (including phenoxy) is 2. The molecule has 3 heterocycles. The maximum absolute atomic E-state index is 11.5. The number of amides is 1. The molecule has 1 amide bonds. The van der Waals surface area contributed by atoms with Crippen LogP contribution in [-0.4, -0.2) is 42.7 Å². The lowest BCUT2D eigenvalue weighted by atomic mass is 9.98. The highest BCUT2D eigenvalue weighted by atomic mass is 35.5. The molecule has 4 aromatic rings. The van der Waals surface area contributed by atoms with Crippen LogP contribution in [0.3, 0.4) is 0 Å². The number of nitrogens with zero attached hydrogens (tertiary/aromatic N) is 2. The number of nitrogens with two attached hydrogens (primary N) is 1. The first-order valence-electron chi connectivity index (χ1n) is 13.7. The van der Waals surface area contributed by atoms with Crippen molar-refractivity contribution < 1.29 is 14.3 Å². The smallest absolute Gasteiger partial charge is 0.220 e. The van der Waals surface area contributed by atoms with Crippen molar-refractivity contribution in [2.45, 2.75) is 38.4 Å². The number of aromatic nitrogens is 2. The Kier molecular flexibility index (Phi) is 9.28. The Balaban J connectivity index is 1.43. The molecule has 0 aliphatic carbocycles. The average Bonchev–Trinajstić information content (AvgIpc) is 3.42. The topological polar surface area (TPSA) is 111 Å². The minimum absolute atomic E-state index is 0.102. The number of rotatable bonds is 10.